The van der Waals surface area contributed by atoms with E-state index in [1.807, 2.05) is 30.3 Å². The van der Waals surface area contributed by atoms with Gasteiger partial charge in [0.15, 0.2) is 6.23 Å². The standard InChI is InChI=1S/C23H34NO2/c1-19(2)18-23(21-12-8-6-9-13-21)24(4,5)20(3)25-16-17-26-22-14-10-7-11-15-22/h6-15,19-20,23H,16-18H2,1-5H3/q+1. The van der Waals surface area contributed by atoms with Crippen molar-refractivity contribution >= 4 is 0 Å². The van der Waals surface area contributed by atoms with Crippen LogP contribution in [0, 0.1) is 5.92 Å². The average molecular weight is 357 g/mol. The number of hydrogen-bond acceptors (Lipinski definition) is 2. The molecule has 0 amide bonds. The molecule has 0 spiro atoms. The van der Waals surface area contributed by atoms with Gasteiger partial charge in [0.1, 0.15) is 18.4 Å². The summed E-state index contributed by atoms with van der Waals surface area (Å²) in [6.45, 7) is 7.89. The molecule has 0 aliphatic carbocycles. The van der Waals surface area contributed by atoms with Crippen LogP contribution >= 0.6 is 0 Å². The molecule has 2 atom stereocenters. The van der Waals surface area contributed by atoms with Crippen LogP contribution in [-0.2, 0) is 4.74 Å². The molecule has 26 heavy (non-hydrogen) atoms. The van der Waals surface area contributed by atoms with E-state index in [4.69, 9.17) is 9.47 Å². The Morgan fingerprint density at radius 2 is 1.38 bits per heavy atom. The topological polar surface area (TPSA) is 18.5 Å². The van der Waals surface area contributed by atoms with Crippen LogP contribution < -0.4 is 4.74 Å². The zero-order valence-corrected chi connectivity index (χ0v) is 16.9. The third-order valence-corrected chi connectivity index (χ3v) is 5.07. The first-order valence-electron chi connectivity index (χ1n) is 9.59. The molecule has 0 aliphatic rings. The molecular formula is C23H34NO2+. The lowest BCUT2D eigenvalue weighted by Crippen LogP contribution is -2.51. The van der Waals surface area contributed by atoms with Crippen molar-refractivity contribution in [1.29, 1.82) is 0 Å². The highest BCUT2D eigenvalue weighted by Crippen LogP contribution is 2.33. The zero-order valence-electron chi connectivity index (χ0n) is 16.9. The van der Waals surface area contributed by atoms with Crippen molar-refractivity contribution in [1.82, 2.24) is 0 Å². The molecule has 0 saturated carbocycles. The predicted octanol–water partition coefficient (Wildman–Crippen LogP) is 5.29. The second-order valence-electron chi connectivity index (χ2n) is 7.82. The Labute approximate surface area is 159 Å². The van der Waals surface area contributed by atoms with Crippen LogP contribution in [0.15, 0.2) is 60.7 Å². The molecule has 0 bridgehead atoms. The van der Waals surface area contributed by atoms with E-state index in [1.165, 1.54) is 5.56 Å². The first-order valence-corrected chi connectivity index (χ1v) is 9.59. The summed E-state index contributed by atoms with van der Waals surface area (Å²) in [5.41, 5.74) is 1.38. The van der Waals surface area contributed by atoms with Crippen molar-refractivity contribution in [2.24, 2.45) is 5.92 Å². The van der Waals surface area contributed by atoms with Gasteiger partial charge in [-0.2, -0.15) is 0 Å². The summed E-state index contributed by atoms with van der Waals surface area (Å²) >= 11 is 0. The molecule has 0 heterocycles. The number of para-hydroxylation sites is 1. The first kappa shape index (κ1) is 20.5. The van der Waals surface area contributed by atoms with E-state index < -0.39 is 0 Å². The van der Waals surface area contributed by atoms with Crippen molar-refractivity contribution in [3.63, 3.8) is 0 Å². The van der Waals surface area contributed by atoms with Crippen molar-refractivity contribution in [2.75, 3.05) is 27.3 Å². The third-order valence-electron chi connectivity index (χ3n) is 5.07. The van der Waals surface area contributed by atoms with Crippen LogP contribution in [0.4, 0.5) is 0 Å². The molecule has 2 rings (SSSR count). The summed E-state index contributed by atoms with van der Waals surface area (Å²) in [6, 6.07) is 21.1. The van der Waals surface area contributed by atoms with Gasteiger partial charge in [0, 0.05) is 18.9 Å². The highest BCUT2D eigenvalue weighted by atomic mass is 16.5. The SMILES string of the molecule is CC(C)CC(c1ccccc1)[N+](C)(C)C(C)OCCOc1ccccc1. The maximum absolute atomic E-state index is 6.16. The van der Waals surface area contributed by atoms with E-state index in [1.54, 1.807) is 0 Å². The lowest BCUT2D eigenvalue weighted by Gasteiger charge is -2.43. The molecule has 2 aromatic rings. The number of benzene rings is 2. The fourth-order valence-corrected chi connectivity index (χ4v) is 3.25. The summed E-state index contributed by atoms with van der Waals surface area (Å²) in [5.74, 6) is 1.52. The minimum Gasteiger partial charge on any atom is -0.491 e. The first-order chi connectivity index (χ1) is 12.4. The quantitative estimate of drug-likeness (QED) is 0.327. The van der Waals surface area contributed by atoms with Crippen molar-refractivity contribution in [2.45, 2.75) is 39.5 Å². The Bertz CT molecular complexity index is 625. The monoisotopic (exact) mass is 356 g/mol. The Morgan fingerprint density at radius 3 is 1.96 bits per heavy atom. The van der Waals surface area contributed by atoms with Gasteiger partial charge in [-0.25, -0.2) is 0 Å². The minimum atomic E-state index is 0.0818. The summed E-state index contributed by atoms with van der Waals surface area (Å²) < 4.78 is 12.7. The Balaban J connectivity index is 1.95. The Hall–Kier alpha value is -1.84. The van der Waals surface area contributed by atoms with Gasteiger partial charge in [0.25, 0.3) is 0 Å². The highest BCUT2D eigenvalue weighted by molar-refractivity contribution is 5.20. The van der Waals surface area contributed by atoms with Crippen LogP contribution in [0.5, 0.6) is 5.75 Å². The van der Waals surface area contributed by atoms with E-state index in [0.717, 1.165) is 16.7 Å². The van der Waals surface area contributed by atoms with Crippen LogP contribution in [0.3, 0.4) is 0 Å². The second-order valence-corrected chi connectivity index (χ2v) is 7.82. The van der Waals surface area contributed by atoms with E-state index in [9.17, 15) is 0 Å². The molecule has 142 valence electrons. The smallest absolute Gasteiger partial charge is 0.190 e. The van der Waals surface area contributed by atoms with Crippen molar-refractivity contribution in [3.05, 3.63) is 66.2 Å². The summed E-state index contributed by atoms with van der Waals surface area (Å²) in [7, 11) is 4.53. The fourth-order valence-electron chi connectivity index (χ4n) is 3.25. The van der Waals surface area contributed by atoms with E-state index in [2.05, 4.69) is 65.2 Å². The van der Waals surface area contributed by atoms with E-state index in [0.29, 0.717) is 25.2 Å². The molecule has 0 radical (unpaired) electrons. The molecule has 0 aliphatic heterocycles. The van der Waals surface area contributed by atoms with Gasteiger partial charge in [0.2, 0.25) is 0 Å². The van der Waals surface area contributed by atoms with Gasteiger partial charge in [-0.1, -0.05) is 62.4 Å². The molecule has 3 nitrogen and oxygen atoms in total. The lowest BCUT2D eigenvalue weighted by molar-refractivity contribution is -0.964. The third kappa shape index (κ3) is 5.86. The molecule has 2 aromatic carbocycles. The van der Waals surface area contributed by atoms with Crippen LogP contribution in [0.1, 0.15) is 38.8 Å². The van der Waals surface area contributed by atoms with Crippen molar-refractivity contribution < 1.29 is 14.0 Å². The van der Waals surface area contributed by atoms with E-state index >= 15 is 0 Å². The molecule has 2 unspecified atom stereocenters. The molecule has 0 fully saturated rings. The van der Waals surface area contributed by atoms with Gasteiger partial charge in [-0.05, 0) is 18.1 Å². The van der Waals surface area contributed by atoms with Gasteiger partial charge in [-0.15, -0.1) is 0 Å². The number of rotatable bonds is 10. The number of quaternary nitrogens is 1. The summed E-state index contributed by atoms with van der Waals surface area (Å²) in [6.07, 6.45) is 1.21. The van der Waals surface area contributed by atoms with Crippen LogP contribution in [-0.4, -0.2) is 38.0 Å². The number of nitrogens with zero attached hydrogens (tertiary/aromatic N) is 1. The molecule has 0 saturated heterocycles. The molecule has 3 heteroatoms. The van der Waals surface area contributed by atoms with Crippen molar-refractivity contribution in [3.8, 4) is 5.75 Å². The number of ether oxygens (including phenoxy) is 2. The van der Waals surface area contributed by atoms with Crippen LogP contribution in [0.25, 0.3) is 0 Å². The predicted molar refractivity (Wildman–Crippen MR) is 108 cm³/mol. The molecule has 0 N–H and O–H groups in total. The minimum absolute atomic E-state index is 0.0818. The normalized spacial score (nSPS) is 14.2. The lowest BCUT2D eigenvalue weighted by atomic mass is 9.94. The van der Waals surface area contributed by atoms with Gasteiger partial charge >= 0.3 is 0 Å². The maximum atomic E-state index is 6.16. The average Bonchev–Trinajstić information content (AvgIpc) is 2.64. The van der Waals surface area contributed by atoms with E-state index in [-0.39, 0.29) is 6.23 Å². The summed E-state index contributed by atoms with van der Waals surface area (Å²) in [4.78, 5) is 0. The maximum Gasteiger partial charge on any atom is 0.190 e. The largest absolute Gasteiger partial charge is 0.491 e. The second kappa shape index (κ2) is 9.75. The molecule has 0 aromatic heterocycles. The molecular weight excluding hydrogens is 322 g/mol. The van der Waals surface area contributed by atoms with Gasteiger partial charge < -0.3 is 9.47 Å². The summed E-state index contributed by atoms with van der Waals surface area (Å²) in [5, 5.41) is 0. The Kier molecular flexibility index (Phi) is 7.67. The fraction of sp³-hybridized carbons (Fsp3) is 0.478. The van der Waals surface area contributed by atoms with Gasteiger partial charge in [0.05, 0.1) is 20.7 Å². The van der Waals surface area contributed by atoms with Gasteiger partial charge in [-0.3, -0.25) is 4.48 Å². The number of hydrogen-bond donors (Lipinski definition) is 0. The highest BCUT2D eigenvalue weighted by Gasteiger charge is 2.35. The zero-order chi connectivity index (χ0) is 19.0. The Morgan fingerprint density at radius 1 is 0.808 bits per heavy atom. The van der Waals surface area contributed by atoms with Crippen LogP contribution in [0.2, 0.25) is 0 Å².